The lowest BCUT2D eigenvalue weighted by Gasteiger charge is -2.07. The summed E-state index contributed by atoms with van der Waals surface area (Å²) in [4.78, 5) is 23.9. The summed E-state index contributed by atoms with van der Waals surface area (Å²) >= 11 is 0. The summed E-state index contributed by atoms with van der Waals surface area (Å²) < 4.78 is 5.79. The minimum Gasteiger partial charge on any atom is -0.489 e. The van der Waals surface area contributed by atoms with Gasteiger partial charge in [0, 0.05) is 5.69 Å². The normalized spacial score (nSPS) is 10.6. The Bertz CT molecular complexity index is 1080. The van der Waals surface area contributed by atoms with E-state index in [1.165, 1.54) is 11.8 Å². The Labute approximate surface area is 182 Å². The van der Waals surface area contributed by atoms with Crippen molar-refractivity contribution in [3.8, 4) is 5.75 Å². The Hall–Kier alpha value is -3.93. The molecule has 0 saturated heterocycles. The number of hydrogen-bond donors (Lipinski definition) is 2. The van der Waals surface area contributed by atoms with Crippen molar-refractivity contribution in [1.82, 2.24) is 5.43 Å². The zero-order chi connectivity index (χ0) is 22.1. The van der Waals surface area contributed by atoms with Crippen LogP contribution in [0, 0.1) is 13.8 Å². The average Bonchev–Trinajstić information content (AvgIpc) is 2.75. The Balaban J connectivity index is 1.43. The largest absolute Gasteiger partial charge is 0.489 e. The van der Waals surface area contributed by atoms with Crippen molar-refractivity contribution in [2.45, 2.75) is 26.9 Å². The highest BCUT2D eigenvalue weighted by Crippen LogP contribution is 2.15. The van der Waals surface area contributed by atoms with Crippen LogP contribution in [0.15, 0.2) is 77.9 Å². The van der Waals surface area contributed by atoms with E-state index in [1.807, 2.05) is 74.5 Å². The molecule has 3 aromatic rings. The van der Waals surface area contributed by atoms with Crippen molar-refractivity contribution in [3.05, 3.63) is 95.1 Å². The highest BCUT2D eigenvalue weighted by Gasteiger charge is 2.09. The van der Waals surface area contributed by atoms with Gasteiger partial charge in [0.15, 0.2) is 0 Å². The molecular weight excluding hydrogens is 390 g/mol. The lowest BCUT2D eigenvalue weighted by atomic mass is 10.1. The van der Waals surface area contributed by atoms with Crippen LogP contribution in [0.2, 0.25) is 0 Å². The molecular formula is C25H25N3O3. The van der Waals surface area contributed by atoms with Crippen LogP contribution < -0.4 is 15.5 Å². The fraction of sp³-hybridized carbons (Fsp3) is 0.160. The van der Waals surface area contributed by atoms with Gasteiger partial charge in [-0.15, -0.1) is 0 Å². The lowest BCUT2D eigenvalue weighted by Crippen LogP contribution is -2.24. The molecule has 31 heavy (non-hydrogen) atoms. The van der Waals surface area contributed by atoms with Crippen molar-refractivity contribution in [2.75, 3.05) is 5.32 Å². The second-order valence-electron chi connectivity index (χ2n) is 7.18. The Morgan fingerprint density at radius 1 is 0.935 bits per heavy atom. The predicted molar refractivity (Wildman–Crippen MR) is 122 cm³/mol. The van der Waals surface area contributed by atoms with Gasteiger partial charge in [0.2, 0.25) is 11.8 Å². The van der Waals surface area contributed by atoms with E-state index in [4.69, 9.17) is 4.74 Å². The summed E-state index contributed by atoms with van der Waals surface area (Å²) in [6, 6.07) is 22.9. The maximum absolute atomic E-state index is 12.0. The number of nitrogens with zero attached hydrogens (tertiary/aromatic N) is 1. The number of amides is 2. The molecule has 6 heteroatoms. The number of ether oxygens (including phenoxy) is 1. The molecule has 3 rings (SSSR count). The molecule has 0 bridgehead atoms. The highest BCUT2D eigenvalue weighted by molar-refractivity contribution is 6.04. The number of para-hydroxylation sites is 1. The summed E-state index contributed by atoms with van der Waals surface area (Å²) in [6.07, 6.45) is 1.21. The van der Waals surface area contributed by atoms with Gasteiger partial charge in [0.05, 0.1) is 6.21 Å². The number of hydrazone groups is 1. The topological polar surface area (TPSA) is 79.8 Å². The van der Waals surface area contributed by atoms with E-state index in [1.54, 1.807) is 6.07 Å². The molecule has 3 aromatic carbocycles. The fourth-order valence-electron chi connectivity index (χ4n) is 2.89. The standard InChI is InChI=1S/C25H25N3O3/c1-18-6-5-8-21(14-18)17-31-22-12-10-20(11-13-22)16-26-28-25(30)15-24(29)27-23-9-4-3-7-19(23)2/h3-14,16H,15,17H2,1-2H3,(H,27,29)(H,28,30). The third-order valence-corrected chi connectivity index (χ3v) is 4.51. The van der Waals surface area contributed by atoms with Crippen LogP contribution in [-0.2, 0) is 16.2 Å². The first-order valence-electron chi connectivity index (χ1n) is 9.95. The molecule has 0 radical (unpaired) electrons. The summed E-state index contributed by atoms with van der Waals surface area (Å²) in [5, 5.41) is 6.62. The van der Waals surface area contributed by atoms with E-state index >= 15 is 0 Å². The van der Waals surface area contributed by atoms with Gasteiger partial charge in [-0.05, 0) is 60.9 Å². The number of nitrogens with one attached hydrogen (secondary N) is 2. The number of carbonyl (C=O) groups excluding carboxylic acids is 2. The lowest BCUT2D eigenvalue weighted by molar-refractivity contribution is -0.126. The molecule has 0 atom stereocenters. The number of benzene rings is 3. The van der Waals surface area contributed by atoms with Gasteiger partial charge >= 0.3 is 0 Å². The van der Waals surface area contributed by atoms with Crippen LogP contribution in [0.1, 0.15) is 28.7 Å². The van der Waals surface area contributed by atoms with Crippen LogP contribution in [0.25, 0.3) is 0 Å². The first-order valence-corrected chi connectivity index (χ1v) is 9.95. The fourth-order valence-corrected chi connectivity index (χ4v) is 2.89. The van der Waals surface area contributed by atoms with Crippen molar-refractivity contribution < 1.29 is 14.3 Å². The second kappa shape index (κ2) is 10.7. The molecule has 0 spiro atoms. The Morgan fingerprint density at radius 2 is 1.71 bits per heavy atom. The third kappa shape index (κ3) is 7.12. The van der Waals surface area contributed by atoms with Crippen molar-refractivity contribution in [1.29, 1.82) is 0 Å². The quantitative estimate of drug-likeness (QED) is 0.326. The highest BCUT2D eigenvalue weighted by atomic mass is 16.5. The Morgan fingerprint density at radius 3 is 2.45 bits per heavy atom. The summed E-state index contributed by atoms with van der Waals surface area (Å²) in [5.41, 5.74) is 7.09. The van der Waals surface area contributed by atoms with E-state index in [0.29, 0.717) is 12.3 Å². The average molecular weight is 415 g/mol. The molecule has 0 fully saturated rings. The van der Waals surface area contributed by atoms with Crippen LogP contribution in [0.5, 0.6) is 5.75 Å². The van der Waals surface area contributed by atoms with Gasteiger partial charge in [0.25, 0.3) is 0 Å². The minimum absolute atomic E-state index is 0.308. The van der Waals surface area contributed by atoms with Gasteiger partial charge in [-0.1, -0.05) is 48.0 Å². The number of anilines is 1. The van der Waals surface area contributed by atoms with Gasteiger partial charge < -0.3 is 10.1 Å². The molecule has 6 nitrogen and oxygen atoms in total. The van der Waals surface area contributed by atoms with E-state index in [9.17, 15) is 9.59 Å². The van der Waals surface area contributed by atoms with Crippen LogP contribution in [-0.4, -0.2) is 18.0 Å². The van der Waals surface area contributed by atoms with Gasteiger partial charge in [0.1, 0.15) is 18.8 Å². The van der Waals surface area contributed by atoms with Gasteiger partial charge in [-0.25, -0.2) is 5.43 Å². The first kappa shape index (κ1) is 21.8. The SMILES string of the molecule is Cc1cccc(COc2ccc(C=NNC(=O)CC(=O)Nc3ccccc3C)cc2)c1. The molecule has 0 aliphatic carbocycles. The third-order valence-electron chi connectivity index (χ3n) is 4.51. The van der Waals surface area contributed by atoms with Crippen molar-refractivity contribution >= 4 is 23.7 Å². The molecule has 0 unspecified atom stereocenters. The van der Waals surface area contributed by atoms with Crippen LogP contribution in [0.4, 0.5) is 5.69 Å². The first-order chi connectivity index (χ1) is 15.0. The van der Waals surface area contributed by atoms with Crippen LogP contribution >= 0.6 is 0 Å². The monoisotopic (exact) mass is 415 g/mol. The molecule has 0 heterocycles. The maximum atomic E-state index is 12.0. The zero-order valence-corrected chi connectivity index (χ0v) is 17.6. The minimum atomic E-state index is -0.486. The number of hydrogen-bond acceptors (Lipinski definition) is 4. The van der Waals surface area contributed by atoms with Gasteiger partial charge in [-0.3, -0.25) is 9.59 Å². The molecule has 0 aliphatic rings. The van der Waals surface area contributed by atoms with Crippen molar-refractivity contribution in [3.63, 3.8) is 0 Å². The summed E-state index contributed by atoms with van der Waals surface area (Å²) in [6.45, 7) is 4.43. The number of aryl methyl sites for hydroxylation is 2. The second-order valence-corrected chi connectivity index (χ2v) is 7.18. The molecule has 2 N–H and O–H groups in total. The summed E-state index contributed by atoms with van der Waals surface area (Å²) in [5.74, 6) is -0.131. The van der Waals surface area contributed by atoms with Crippen LogP contribution in [0.3, 0.4) is 0 Å². The molecule has 2 amide bonds. The smallest absolute Gasteiger partial charge is 0.249 e. The summed E-state index contributed by atoms with van der Waals surface area (Å²) in [7, 11) is 0. The van der Waals surface area contributed by atoms with E-state index < -0.39 is 11.8 Å². The molecule has 0 aliphatic heterocycles. The van der Waals surface area contributed by atoms with E-state index in [0.717, 1.165) is 22.4 Å². The predicted octanol–water partition coefficient (Wildman–Crippen LogP) is 4.36. The van der Waals surface area contributed by atoms with E-state index in [-0.39, 0.29) is 6.42 Å². The number of carbonyl (C=O) groups is 2. The van der Waals surface area contributed by atoms with E-state index in [2.05, 4.69) is 21.9 Å². The zero-order valence-electron chi connectivity index (χ0n) is 17.6. The van der Waals surface area contributed by atoms with Gasteiger partial charge in [-0.2, -0.15) is 5.10 Å². The Kier molecular flexibility index (Phi) is 7.54. The maximum Gasteiger partial charge on any atom is 0.249 e. The molecule has 0 saturated carbocycles. The molecule has 0 aromatic heterocycles. The molecule has 158 valence electrons. The van der Waals surface area contributed by atoms with Crippen molar-refractivity contribution in [2.24, 2.45) is 5.10 Å². The number of rotatable bonds is 8.